The molecule has 2 aromatic carbocycles. The predicted molar refractivity (Wildman–Crippen MR) is 189 cm³/mol. The lowest BCUT2D eigenvalue weighted by atomic mass is 10.0. The summed E-state index contributed by atoms with van der Waals surface area (Å²) in [6, 6.07) is 19.7. The average molecular weight is 783 g/mol. The number of nitrogens with one attached hydrogen (secondary N) is 2. The Morgan fingerprint density at radius 2 is 1.02 bits per heavy atom. The van der Waals surface area contributed by atoms with Crippen LogP contribution in [0.3, 0.4) is 0 Å². The molecule has 20 heteroatoms. The van der Waals surface area contributed by atoms with E-state index < -0.39 is 71.2 Å². The van der Waals surface area contributed by atoms with Crippen LogP contribution >= 0.6 is 0 Å². The summed E-state index contributed by atoms with van der Waals surface area (Å²) in [6.07, 6.45) is 5.60. The SMILES string of the molecule is O=S(=O)(O)c1cc(-c2c3nc(cc4ccc(cc5ccc([nH]5)c(-c5ccccc5)c5nc2C=C5)[nH]4)C=C3)c(S(=O)(=O)O)c(S(=O)(=O)O)c1S(=O)(=O)O. The Morgan fingerprint density at radius 1 is 0.481 bits per heavy atom. The average Bonchev–Trinajstić information content (AvgIpc) is 3.86. The molecule has 0 atom stereocenters. The summed E-state index contributed by atoms with van der Waals surface area (Å²) in [4.78, 5) is 7.50. The number of fused-ring (bicyclic) bond motifs is 8. The molecule has 0 saturated heterocycles. The molecule has 2 aliphatic rings. The van der Waals surface area contributed by atoms with Crippen molar-refractivity contribution in [3.63, 3.8) is 0 Å². The summed E-state index contributed by atoms with van der Waals surface area (Å²) < 4.78 is 142. The van der Waals surface area contributed by atoms with Gasteiger partial charge in [-0.1, -0.05) is 30.3 Å². The van der Waals surface area contributed by atoms with Crippen LogP contribution in [0.2, 0.25) is 0 Å². The normalized spacial score (nSPS) is 13.5. The second-order valence-corrected chi connectivity index (χ2v) is 16.8. The minimum Gasteiger partial charge on any atom is -0.355 e. The number of nitrogens with zero attached hydrogens (tertiary/aromatic N) is 2. The first-order valence-electron chi connectivity index (χ1n) is 14.6. The van der Waals surface area contributed by atoms with Gasteiger partial charge in [0, 0.05) is 38.8 Å². The third-order valence-electron chi connectivity index (χ3n) is 7.93. The number of aromatic amines is 2. The lowest BCUT2D eigenvalue weighted by Gasteiger charge is -2.17. The van der Waals surface area contributed by atoms with Crippen molar-refractivity contribution in [2.24, 2.45) is 0 Å². The maximum atomic E-state index is 13.1. The fraction of sp³-hybridized carbons (Fsp3) is 0. The fourth-order valence-electron chi connectivity index (χ4n) is 5.97. The van der Waals surface area contributed by atoms with E-state index in [0.29, 0.717) is 33.2 Å². The highest BCUT2D eigenvalue weighted by atomic mass is 32.2. The second kappa shape index (κ2) is 12.1. The second-order valence-electron chi connectivity index (χ2n) is 11.4. The maximum Gasteiger partial charge on any atom is 0.297 e. The van der Waals surface area contributed by atoms with E-state index >= 15 is 0 Å². The van der Waals surface area contributed by atoms with Crippen LogP contribution in [0, 0.1) is 0 Å². The first kappa shape index (κ1) is 35.1. The van der Waals surface area contributed by atoms with Gasteiger partial charge in [-0.05, 0) is 72.3 Å². The Morgan fingerprint density at radius 3 is 1.63 bits per heavy atom. The summed E-state index contributed by atoms with van der Waals surface area (Å²) in [5.74, 6) is 0. The van der Waals surface area contributed by atoms with E-state index in [1.807, 2.05) is 12.1 Å². The van der Waals surface area contributed by atoms with Gasteiger partial charge in [-0.3, -0.25) is 18.2 Å². The molecule has 5 aromatic rings. The van der Waals surface area contributed by atoms with Crippen LogP contribution in [0.4, 0.5) is 0 Å². The van der Waals surface area contributed by atoms with Gasteiger partial charge in [-0.25, -0.2) is 9.97 Å². The van der Waals surface area contributed by atoms with E-state index in [0.717, 1.165) is 0 Å². The molecule has 3 aromatic heterocycles. The molecule has 6 N–H and O–H groups in total. The largest absolute Gasteiger partial charge is 0.355 e. The molecule has 0 fully saturated rings. The molecule has 0 unspecified atom stereocenters. The van der Waals surface area contributed by atoms with E-state index in [4.69, 9.17) is 0 Å². The topological polar surface area (TPSA) is 275 Å². The number of hydrogen-bond donors (Lipinski definition) is 6. The Hall–Kier alpha value is -5.32. The number of aromatic nitrogens is 4. The van der Waals surface area contributed by atoms with E-state index in [9.17, 15) is 51.9 Å². The minimum atomic E-state index is -6.16. The molecule has 0 saturated carbocycles. The van der Waals surface area contributed by atoms with Crippen LogP contribution in [-0.2, 0) is 40.5 Å². The van der Waals surface area contributed by atoms with Crippen molar-refractivity contribution in [2.75, 3.05) is 0 Å². The molecular weight excluding hydrogens is 761 g/mol. The molecule has 5 heterocycles. The highest BCUT2D eigenvalue weighted by Gasteiger charge is 2.41. The zero-order valence-electron chi connectivity index (χ0n) is 25.8. The fourth-order valence-corrected chi connectivity index (χ4v) is 10.7. The van der Waals surface area contributed by atoms with Crippen LogP contribution in [0.5, 0.6) is 0 Å². The summed E-state index contributed by atoms with van der Waals surface area (Å²) >= 11 is 0. The molecule has 16 nitrogen and oxygen atoms in total. The number of rotatable bonds is 6. The first-order chi connectivity index (χ1) is 24.3. The molecule has 0 radical (unpaired) electrons. The van der Waals surface area contributed by atoms with Crippen molar-refractivity contribution in [1.82, 2.24) is 19.9 Å². The van der Waals surface area contributed by atoms with Gasteiger partial charge in [0.15, 0.2) is 0 Å². The minimum absolute atomic E-state index is 0.211. The van der Waals surface area contributed by atoms with Crippen LogP contribution in [0.25, 0.3) is 68.6 Å². The van der Waals surface area contributed by atoms with Gasteiger partial charge in [0.2, 0.25) is 0 Å². The van der Waals surface area contributed by atoms with Crippen molar-refractivity contribution in [3.05, 3.63) is 95.6 Å². The van der Waals surface area contributed by atoms with E-state index in [2.05, 4.69) is 19.9 Å². The maximum absolute atomic E-state index is 13.1. The zero-order valence-corrected chi connectivity index (χ0v) is 29.1. The molecule has 0 amide bonds. The van der Waals surface area contributed by atoms with Crippen molar-refractivity contribution in [1.29, 1.82) is 0 Å². The molecule has 0 spiro atoms. The van der Waals surface area contributed by atoms with Crippen LogP contribution in [0.15, 0.2) is 92.4 Å². The number of H-pyrrole nitrogens is 2. The highest BCUT2D eigenvalue weighted by Crippen LogP contribution is 2.44. The van der Waals surface area contributed by atoms with Gasteiger partial charge in [0.25, 0.3) is 40.5 Å². The molecule has 8 bridgehead atoms. The lowest BCUT2D eigenvalue weighted by molar-refractivity contribution is 0.447. The van der Waals surface area contributed by atoms with Crippen molar-refractivity contribution in [3.8, 4) is 22.3 Å². The van der Waals surface area contributed by atoms with Gasteiger partial charge < -0.3 is 9.97 Å². The van der Waals surface area contributed by atoms with Crippen molar-refractivity contribution < 1.29 is 51.9 Å². The van der Waals surface area contributed by atoms with Crippen LogP contribution in [0.1, 0.15) is 22.8 Å². The monoisotopic (exact) mass is 782 g/mol. The molecule has 7 rings (SSSR count). The number of benzene rings is 2. The standard InChI is InChI=1S/C32H22N4O12S4/c37-49(38,39)27-16-22(30(50(40,41)42)32(52(46,47)48)31(27)51(43,44)45)29-25-11-9-21(35-25)15-19-7-6-18(33-19)14-20-8-10-23(34-20)28(17-4-2-1-3-5-17)24-12-13-26(29)36-24/h1-16,33-34H,(H,37,38,39)(H,40,41,42)(H,43,44,45)(H,46,47,48). The van der Waals surface area contributed by atoms with Gasteiger partial charge in [0.05, 0.1) is 22.8 Å². The van der Waals surface area contributed by atoms with Gasteiger partial charge >= 0.3 is 0 Å². The molecule has 52 heavy (non-hydrogen) atoms. The number of hydrogen-bond acceptors (Lipinski definition) is 10. The van der Waals surface area contributed by atoms with Gasteiger partial charge in [-0.15, -0.1) is 0 Å². The summed E-state index contributed by atoms with van der Waals surface area (Å²) in [7, 11) is -24.1. The smallest absolute Gasteiger partial charge is 0.297 e. The Kier molecular flexibility index (Phi) is 8.19. The van der Waals surface area contributed by atoms with E-state index in [1.165, 1.54) is 24.3 Å². The first-order valence-corrected chi connectivity index (χ1v) is 20.3. The quantitative estimate of drug-likeness (QED) is 0.122. The Labute approximate surface area is 294 Å². The Bertz CT molecular complexity index is 3060. The van der Waals surface area contributed by atoms with Crippen LogP contribution in [-0.4, -0.2) is 71.8 Å². The van der Waals surface area contributed by atoms with Gasteiger partial charge in [0.1, 0.15) is 19.6 Å². The lowest BCUT2D eigenvalue weighted by Crippen LogP contribution is -2.20. The molecule has 266 valence electrons. The molecule has 2 aliphatic heterocycles. The van der Waals surface area contributed by atoms with E-state index in [-0.39, 0.29) is 28.8 Å². The summed E-state index contributed by atoms with van der Waals surface area (Å²) in [5.41, 5.74) is 2.17. The summed E-state index contributed by atoms with van der Waals surface area (Å²) in [5, 5.41) is 0. The predicted octanol–water partition coefficient (Wildman–Crippen LogP) is 4.98. The van der Waals surface area contributed by atoms with Gasteiger partial charge in [-0.2, -0.15) is 33.7 Å². The molecule has 0 aliphatic carbocycles. The summed E-state index contributed by atoms with van der Waals surface area (Å²) in [6.45, 7) is 0. The van der Waals surface area contributed by atoms with Crippen LogP contribution < -0.4 is 0 Å². The van der Waals surface area contributed by atoms with E-state index in [1.54, 1.807) is 54.6 Å². The highest BCUT2D eigenvalue weighted by molar-refractivity contribution is 7.91. The Balaban J connectivity index is 1.77. The zero-order chi connectivity index (χ0) is 37.4. The third kappa shape index (κ3) is 6.48. The van der Waals surface area contributed by atoms with Crippen molar-refractivity contribution >= 4 is 86.8 Å². The third-order valence-corrected chi connectivity index (χ3v) is 12.0. The van der Waals surface area contributed by atoms with Crippen molar-refractivity contribution in [2.45, 2.75) is 19.6 Å². The molecular formula is C32H22N4O12S4.